The first-order valence-electron chi connectivity index (χ1n) is 10.1. The molecule has 1 aliphatic rings. The summed E-state index contributed by atoms with van der Waals surface area (Å²) >= 11 is 5.86. The van der Waals surface area contributed by atoms with Crippen molar-refractivity contribution in [1.29, 1.82) is 0 Å². The standard InChI is InChI=1S/C23H24ClN5O/c1-16-12-14-29(15-13-16)22-11-10-21(27-28-22)17-2-6-19(7-3-17)25-23(30)26-20-8-4-18(24)5-9-20/h2-11,16H,12-15H2,1H3,(H2,25,26,30). The number of urea groups is 1. The first kappa shape index (κ1) is 20.2. The highest BCUT2D eigenvalue weighted by Gasteiger charge is 2.17. The van der Waals surface area contributed by atoms with Gasteiger partial charge in [-0.15, -0.1) is 10.2 Å². The fraction of sp³-hybridized carbons (Fsp3) is 0.261. The fourth-order valence-electron chi connectivity index (χ4n) is 3.44. The summed E-state index contributed by atoms with van der Waals surface area (Å²) in [6.07, 6.45) is 2.40. The van der Waals surface area contributed by atoms with Crippen LogP contribution in [0.2, 0.25) is 5.02 Å². The van der Waals surface area contributed by atoms with Crippen LogP contribution in [0.3, 0.4) is 0 Å². The summed E-state index contributed by atoms with van der Waals surface area (Å²) in [5.41, 5.74) is 3.12. The van der Waals surface area contributed by atoms with Crippen LogP contribution >= 0.6 is 11.6 Å². The molecule has 2 aromatic carbocycles. The maximum absolute atomic E-state index is 12.1. The number of piperidine rings is 1. The minimum Gasteiger partial charge on any atom is -0.355 e. The Bertz CT molecular complexity index is 982. The number of rotatable bonds is 4. The van der Waals surface area contributed by atoms with Gasteiger partial charge in [0, 0.05) is 35.1 Å². The SMILES string of the molecule is CC1CCN(c2ccc(-c3ccc(NC(=O)Nc4ccc(Cl)cc4)cc3)nn2)CC1. The Morgan fingerprint density at radius 3 is 2.07 bits per heavy atom. The lowest BCUT2D eigenvalue weighted by Crippen LogP contribution is -2.33. The highest BCUT2D eigenvalue weighted by molar-refractivity contribution is 6.30. The van der Waals surface area contributed by atoms with Crippen molar-refractivity contribution in [1.82, 2.24) is 10.2 Å². The van der Waals surface area contributed by atoms with E-state index in [1.54, 1.807) is 24.3 Å². The van der Waals surface area contributed by atoms with E-state index in [0.29, 0.717) is 16.4 Å². The van der Waals surface area contributed by atoms with Gasteiger partial charge in [-0.2, -0.15) is 0 Å². The summed E-state index contributed by atoms with van der Waals surface area (Å²) in [7, 11) is 0. The van der Waals surface area contributed by atoms with Crippen molar-refractivity contribution < 1.29 is 4.79 Å². The second-order valence-corrected chi connectivity index (χ2v) is 8.05. The van der Waals surface area contributed by atoms with Crippen LogP contribution in [-0.2, 0) is 0 Å². The van der Waals surface area contributed by atoms with E-state index in [1.807, 2.05) is 36.4 Å². The van der Waals surface area contributed by atoms with Gasteiger partial charge in [-0.1, -0.05) is 30.7 Å². The molecule has 0 bridgehead atoms. The van der Waals surface area contributed by atoms with E-state index in [2.05, 4.69) is 32.7 Å². The summed E-state index contributed by atoms with van der Waals surface area (Å²) in [5.74, 6) is 1.72. The summed E-state index contributed by atoms with van der Waals surface area (Å²) in [6, 6.07) is 18.2. The van der Waals surface area contributed by atoms with E-state index in [4.69, 9.17) is 11.6 Å². The summed E-state index contributed by atoms with van der Waals surface area (Å²) < 4.78 is 0. The molecule has 0 radical (unpaired) electrons. The van der Waals surface area contributed by atoms with E-state index in [1.165, 1.54) is 12.8 Å². The van der Waals surface area contributed by atoms with Crippen LogP contribution in [-0.4, -0.2) is 29.3 Å². The lowest BCUT2D eigenvalue weighted by molar-refractivity contribution is 0.262. The first-order valence-corrected chi connectivity index (χ1v) is 10.5. The van der Waals surface area contributed by atoms with Crippen LogP contribution in [0.4, 0.5) is 22.0 Å². The van der Waals surface area contributed by atoms with E-state index in [9.17, 15) is 4.79 Å². The van der Waals surface area contributed by atoms with Gasteiger partial charge in [-0.25, -0.2) is 4.79 Å². The van der Waals surface area contributed by atoms with Crippen molar-refractivity contribution in [3.8, 4) is 11.3 Å². The van der Waals surface area contributed by atoms with Gasteiger partial charge in [0.1, 0.15) is 0 Å². The number of hydrogen-bond donors (Lipinski definition) is 2. The number of hydrogen-bond acceptors (Lipinski definition) is 4. The zero-order valence-electron chi connectivity index (χ0n) is 16.8. The maximum atomic E-state index is 12.1. The number of benzene rings is 2. The zero-order chi connectivity index (χ0) is 20.9. The average Bonchev–Trinajstić information content (AvgIpc) is 2.77. The molecule has 2 amide bonds. The number of aromatic nitrogens is 2. The highest BCUT2D eigenvalue weighted by atomic mass is 35.5. The van der Waals surface area contributed by atoms with Gasteiger partial charge >= 0.3 is 6.03 Å². The van der Waals surface area contributed by atoms with Crippen LogP contribution in [0.15, 0.2) is 60.7 Å². The Labute approximate surface area is 181 Å². The smallest absolute Gasteiger partial charge is 0.323 e. The zero-order valence-corrected chi connectivity index (χ0v) is 17.6. The normalized spacial score (nSPS) is 14.4. The second-order valence-electron chi connectivity index (χ2n) is 7.61. The fourth-order valence-corrected chi connectivity index (χ4v) is 3.56. The molecule has 1 saturated heterocycles. The van der Waals surface area contributed by atoms with Crippen molar-refractivity contribution in [2.75, 3.05) is 28.6 Å². The quantitative estimate of drug-likeness (QED) is 0.568. The Kier molecular flexibility index (Phi) is 6.14. The van der Waals surface area contributed by atoms with Gasteiger partial charge < -0.3 is 15.5 Å². The van der Waals surface area contributed by atoms with Gasteiger partial charge in [0.2, 0.25) is 0 Å². The number of nitrogens with zero attached hydrogens (tertiary/aromatic N) is 3. The van der Waals surface area contributed by atoms with E-state index >= 15 is 0 Å². The van der Waals surface area contributed by atoms with Gasteiger partial charge in [0.15, 0.2) is 5.82 Å². The maximum Gasteiger partial charge on any atom is 0.323 e. The topological polar surface area (TPSA) is 70.2 Å². The third kappa shape index (κ3) is 5.07. The van der Waals surface area contributed by atoms with Crippen molar-refractivity contribution in [3.05, 3.63) is 65.7 Å². The lowest BCUT2D eigenvalue weighted by Gasteiger charge is -2.30. The molecular formula is C23H24ClN5O. The largest absolute Gasteiger partial charge is 0.355 e. The molecule has 0 unspecified atom stereocenters. The molecule has 2 N–H and O–H groups in total. The molecular weight excluding hydrogens is 398 g/mol. The number of carbonyl (C=O) groups excluding carboxylic acids is 1. The molecule has 4 rings (SSSR count). The molecule has 7 heteroatoms. The predicted molar refractivity (Wildman–Crippen MR) is 122 cm³/mol. The third-order valence-corrected chi connectivity index (χ3v) is 5.55. The molecule has 0 spiro atoms. The van der Waals surface area contributed by atoms with E-state index in [-0.39, 0.29) is 6.03 Å². The number of amides is 2. The monoisotopic (exact) mass is 421 g/mol. The van der Waals surface area contributed by atoms with Crippen molar-refractivity contribution in [3.63, 3.8) is 0 Å². The minimum atomic E-state index is -0.315. The van der Waals surface area contributed by atoms with Crippen molar-refractivity contribution in [2.24, 2.45) is 5.92 Å². The molecule has 6 nitrogen and oxygen atoms in total. The number of nitrogens with one attached hydrogen (secondary N) is 2. The molecule has 2 heterocycles. The summed E-state index contributed by atoms with van der Waals surface area (Å²) in [6.45, 7) is 4.37. The van der Waals surface area contributed by atoms with Crippen molar-refractivity contribution in [2.45, 2.75) is 19.8 Å². The van der Waals surface area contributed by atoms with Crippen LogP contribution in [0.5, 0.6) is 0 Å². The van der Waals surface area contributed by atoms with Gasteiger partial charge in [0.25, 0.3) is 0 Å². The van der Waals surface area contributed by atoms with E-state index < -0.39 is 0 Å². The van der Waals surface area contributed by atoms with Gasteiger partial charge in [-0.05, 0) is 67.3 Å². The van der Waals surface area contributed by atoms with Crippen LogP contribution in [0.25, 0.3) is 11.3 Å². The first-order chi connectivity index (χ1) is 14.6. The molecule has 1 fully saturated rings. The van der Waals surface area contributed by atoms with E-state index in [0.717, 1.165) is 36.1 Å². The molecule has 3 aromatic rings. The number of anilines is 3. The molecule has 0 atom stereocenters. The Balaban J connectivity index is 1.36. The number of carbonyl (C=O) groups is 1. The van der Waals surface area contributed by atoms with Crippen LogP contribution in [0, 0.1) is 5.92 Å². The molecule has 1 aromatic heterocycles. The Morgan fingerprint density at radius 2 is 1.50 bits per heavy atom. The van der Waals surface area contributed by atoms with Crippen LogP contribution in [0.1, 0.15) is 19.8 Å². The van der Waals surface area contributed by atoms with Crippen molar-refractivity contribution >= 4 is 34.8 Å². The summed E-state index contributed by atoms with van der Waals surface area (Å²) in [4.78, 5) is 14.4. The summed E-state index contributed by atoms with van der Waals surface area (Å²) in [5, 5.41) is 15.0. The minimum absolute atomic E-state index is 0.315. The highest BCUT2D eigenvalue weighted by Crippen LogP contribution is 2.24. The molecule has 1 aliphatic heterocycles. The van der Waals surface area contributed by atoms with Gasteiger partial charge in [0.05, 0.1) is 5.69 Å². The van der Waals surface area contributed by atoms with Gasteiger partial charge in [-0.3, -0.25) is 0 Å². The third-order valence-electron chi connectivity index (χ3n) is 5.30. The molecule has 30 heavy (non-hydrogen) atoms. The molecule has 0 aliphatic carbocycles. The van der Waals surface area contributed by atoms with Crippen LogP contribution < -0.4 is 15.5 Å². The Hall–Kier alpha value is -3.12. The Morgan fingerprint density at radius 1 is 0.900 bits per heavy atom. The lowest BCUT2D eigenvalue weighted by atomic mass is 9.99. The second kappa shape index (κ2) is 9.13. The number of halogens is 1. The average molecular weight is 422 g/mol. The predicted octanol–water partition coefficient (Wildman–Crippen LogP) is 5.68. The molecule has 154 valence electrons. The molecule has 0 saturated carbocycles.